The molecule has 4 heteroatoms. The van der Waals surface area contributed by atoms with Crippen molar-refractivity contribution in [2.75, 3.05) is 0 Å². The number of carbonyl (C=O) groups excluding carboxylic acids is 1. The third kappa shape index (κ3) is 7.34. The van der Waals surface area contributed by atoms with Gasteiger partial charge in [-0.25, -0.2) is 4.99 Å². The van der Waals surface area contributed by atoms with E-state index in [4.69, 9.17) is 0 Å². The van der Waals surface area contributed by atoms with E-state index in [1.807, 2.05) is 20.1 Å². The zero-order valence-electron chi connectivity index (χ0n) is 22.0. The van der Waals surface area contributed by atoms with Gasteiger partial charge < -0.3 is 4.72 Å². The number of aliphatic imine (C=N–C) groups is 1. The van der Waals surface area contributed by atoms with Gasteiger partial charge in [0, 0.05) is 11.5 Å². The van der Waals surface area contributed by atoms with Gasteiger partial charge in [-0.05, 0) is 107 Å². The molecule has 0 saturated heterocycles. The average Bonchev–Trinajstić information content (AvgIpc) is 3.61. The van der Waals surface area contributed by atoms with Gasteiger partial charge in [0.25, 0.3) is 5.91 Å². The van der Waals surface area contributed by atoms with Crippen molar-refractivity contribution < 1.29 is 4.79 Å². The number of allylic oxidation sites excluding steroid dienone is 2. The summed E-state index contributed by atoms with van der Waals surface area (Å²) >= 11 is 1.68. The molecule has 1 aromatic rings. The smallest absolute Gasteiger partial charge is 0.252 e. The number of nitrogens with one attached hydrogen (secondary N) is 1. The quantitative estimate of drug-likeness (QED) is 0.196. The van der Waals surface area contributed by atoms with E-state index < -0.39 is 5.41 Å². The fourth-order valence-electron chi connectivity index (χ4n) is 4.71. The zero-order valence-corrected chi connectivity index (χ0v) is 22.8. The van der Waals surface area contributed by atoms with Crippen LogP contribution >= 0.6 is 11.9 Å². The molecule has 3 nitrogen and oxygen atoms in total. The molecule has 0 radical (unpaired) electrons. The van der Waals surface area contributed by atoms with Crippen molar-refractivity contribution in [1.29, 1.82) is 0 Å². The Morgan fingerprint density at radius 1 is 1.18 bits per heavy atom. The van der Waals surface area contributed by atoms with Crippen molar-refractivity contribution in [1.82, 2.24) is 4.72 Å². The van der Waals surface area contributed by atoms with Gasteiger partial charge in [-0.1, -0.05) is 62.8 Å². The second-order valence-electron chi connectivity index (χ2n) is 10.9. The van der Waals surface area contributed by atoms with Gasteiger partial charge in [0.15, 0.2) is 0 Å². The van der Waals surface area contributed by atoms with Crippen LogP contribution in [0.5, 0.6) is 0 Å². The van der Waals surface area contributed by atoms with Crippen LogP contribution in [0.2, 0.25) is 0 Å². The van der Waals surface area contributed by atoms with Crippen molar-refractivity contribution >= 4 is 29.8 Å². The lowest BCUT2D eigenvalue weighted by atomic mass is 9.82. The second kappa shape index (κ2) is 12.2. The molecule has 1 heterocycles. The predicted octanol–water partition coefficient (Wildman–Crippen LogP) is 8.37. The molecule has 34 heavy (non-hydrogen) atoms. The Bertz CT molecular complexity index is 919. The van der Waals surface area contributed by atoms with E-state index >= 15 is 0 Å². The van der Waals surface area contributed by atoms with E-state index in [1.165, 1.54) is 72.9 Å². The molecule has 186 valence electrons. The molecular formula is C30H44N2OS. The Balaban J connectivity index is 1.79. The Hall–Kier alpha value is -1.81. The van der Waals surface area contributed by atoms with Gasteiger partial charge in [-0.3, -0.25) is 4.79 Å². The third-order valence-electron chi connectivity index (χ3n) is 7.22. The molecule has 1 atom stereocenters. The van der Waals surface area contributed by atoms with Crippen LogP contribution in [0, 0.1) is 25.2 Å². The van der Waals surface area contributed by atoms with Crippen LogP contribution < -0.4 is 4.72 Å². The normalized spacial score (nSPS) is 19.4. The number of rotatable bonds is 11. The summed E-state index contributed by atoms with van der Waals surface area (Å²) in [7, 11) is 0. The molecular weight excluding hydrogens is 436 g/mol. The lowest BCUT2D eigenvalue weighted by Crippen LogP contribution is -2.35. The first kappa shape index (κ1) is 26.8. The van der Waals surface area contributed by atoms with Gasteiger partial charge in [0.2, 0.25) is 0 Å². The molecule has 1 amide bonds. The second-order valence-corrected chi connectivity index (χ2v) is 11.9. The zero-order chi connectivity index (χ0) is 24.7. The van der Waals surface area contributed by atoms with Crippen LogP contribution in [-0.4, -0.2) is 17.4 Å². The summed E-state index contributed by atoms with van der Waals surface area (Å²) in [6.07, 6.45) is 13.3. The SMILES string of the molecule is C=C1CC(C(C)(C)C(=O)N=CCCC2CC2)SNC(c2cc(C)cc(C)c2)=C1CCCCCC. The maximum Gasteiger partial charge on any atom is 0.252 e. The van der Waals surface area contributed by atoms with Gasteiger partial charge in [-0.2, -0.15) is 0 Å². The highest BCUT2D eigenvalue weighted by molar-refractivity contribution is 7.98. The number of hydrogen-bond donors (Lipinski definition) is 1. The topological polar surface area (TPSA) is 41.5 Å². The van der Waals surface area contributed by atoms with E-state index in [0.717, 1.165) is 30.8 Å². The highest BCUT2D eigenvalue weighted by Gasteiger charge is 2.39. The number of carbonyl (C=O) groups is 1. The van der Waals surface area contributed by atoms with Crippen molar-refractivity contribution in [2.45, 2.75) is 104 Å². The minimum atomic E-state index is -0.567. The minimum Gasteiger partial charge on any atom is -0.329 e. The number of aryl methyl sites for hydroxylation is 2. The van der Waals surface area contributed by atoms with Crippen LogP contribution in [-0.2, 0) is 4.79 Å². The molecule has 1 unspecified atom stereocenters. The molecule has 1 fully saturated rings. The van der Waals surface area contributed by atoms with Gasteiger partial charge in [-0.15, -0.1) is 0 Å². The van der Waals surface area contributed by atoms with Gasteiger partial charge >= 0.3 is 0 Å². The summed E-state index contributed by atoms with van der Waals surface area (Å²) < 4.78 is 3.71. The summed E-state index contributed by atoms with van der Waals surface area (Å²) in [4.78, 5) is 17.5. The van der Waals surface area contributed by atoms with Crippen molar-refractivity contribution in [3.05, 3.63) is 52.6 Å². The first-order valence-electron chi connectivity index (χ1n) is 13.2. The fourth-order valence-corrected chi connectivity index (χ4v) is 5.89. The summed E-state index contributed by atoms with van der Waals surface area (Å²) in [5.41, 5.74) is 6.85. The number of benzene rings is 1. The van der Waals surface area contributed by atoms with Crippen LogP contribution in [0.1, 0.15) is 102 Å². The fraction of sp³-hybridized carbons (Fsp3) is 0.600. The Kier molecular flexibility index (Phi) is 9.65. The summed E-state index contributed by atoms with van der Waals surface area (Å²) in [5.74, 6) is 0.847. The van der Waals surface area contributed by atoms with Gasteiger partial charge in [0.05, 0.1) is 11.1 Å². The number of hydrogen-bond acceptors (Lipinski definition) is 3. The van der Waals surface area contributed by atoms with Crippen LogP contribution in [0.15, 0.2) is 40.9 Å². The maximum absolute atomic E-state index is 13.1. The Morgan fingerprint density at radius 3 is 2.53 bits per heavy atom. The molecule has 1 saturated carbocycles. The minimum absolute atomic E-state index is 0.0188. The highest BCUT2D eigenvalue weighted by atomic mass is 32.2. The van der Waals surface area contributed by atoms with Crippen molar-refractivity contribution in [3.8, 4) is 0 Å². The molecule has 0 bridgehead atoms. The average molecular weight is 481 g/mol. The predicted molar refractivity (Wildman–Crippen MR) is 149 cm³/mol. The first-order chi connectivity index (χ1) is 16.2. The number of nitrogens with zero attached hydrogens (tertiary/aromatic N) is 1. The number of unbranched alkanes of at least 4 members (excludes halogenated alkanes) is 3. The molecule has 2 aliphatic rings. The lowest BCUT2D eigenvalue weighted by Gasteiger charge is -2.30. The molecule has 1 N–H and O–H groups in total. The summed E-state index contributed by atoms with van der Waals surface area (Å²) in [5, 5.41) is 0.0714. The van der Waals surface area contributed by atoms with E-state index in [-0.39, 0.29) is 11.2 Å². The van der Waals surface area contributed by atoms with Crippen molar-refractivity contribution in [2.24, 2.45) is 16.3 Å². The molecule has 0 spiro atoms. The number of amides is 1. The molecule has 3 rings (SSSR count). The standard InChI is InChI=1S/C30H44N2OS/c1-7-8-9-10-13-26-23(4)20-27(30(5,6)29(33)31-16-11-12-24-14-15-24)34-32-28(26)25-18-21(2)17-22(3)19-25/h16-19,24,27,32H,4,7-15,20H2,1-3,5-6H3. The molecule has 1 aliphatic heterocycles. The van der Waals surface area contributed by atoms with E-state index in [0.29, 0.717) is 0 Å². The Labute approximate surface area is 212 Å². The van der Waals surface area contributed by atoms with E-state index in [1.54, 1.807) is 11.9 Å². The van der Waals surface area contributed by atoms with Crippen LogP contribution in [0.3, 0.4) is 0 Å². The van der Waals surface area contributed by atoms with Gasteiger partial charge in [0.1, 0.15) is 0 Å². The van der Waals surface area contributed by atoms with Crippen LogP contribution in [0.25, 0.3) is 5.70 Å². The van der Waals surface area contributed by atoms with E-state index in [9.17, 15) is 4.79 Å². The summed E-state index contributed by atoms with van der Waals surface area (Å²) in [6.45, 7) is 15.2. The summed E-state index contributed by atoms with van der Waals surface area (Å²) in [6, 6.07) is 6.74. The molecule has 0 aromatic heterocycles. The maximum atomic E-state index is 13.1. The Morgan fingerprint density at radius 2 is 1.88 bits per heavy atom. The first-order valence-corrected chi connectivity index (χ1v) is 14.1. The third-order valence-corrected chi connectivity index (χ3v) is 8.58. The molecule has 1 aliphatic carbocycles. The lowest BCUT2D eigenvalue weighted by molar-refractivity contribution is -0.125. The monoisotopic (exact) mass is 480 g/mol. The highest BCUT2D eigenvalue weighted by Crippen LogP contribution is 2.42. The van der Waals surface area contributed by atoms with Crippen LogP contribution in [0.4, 0.5) is 0 Å². The largest absolute Gasteiger partial charge is 0.329 e. The molecule has 1 aromatic carbocycles. The van der Waals surface area contributed by atoms with E-state index in [2.05, 4.69) is 55.3 Å². The van der Waals surface area contributed by atoms with Crippen molar-refractivity contribution in [3.63, 3.8) is 0 Å².